The second-order valence-corrected chi connectivity index (χ2v) is 10.6. The Morgan fingerprint density at radius 2 is 2.06 bits per heavy atom. The van der Waals surface area contributed by atoms with Gasteiger partial charge in [-0.2, -0.15) is 8.78 Å². The summed E-state index contributed by atoms with van der Waals surface area (Å²) < 4.78 is 32.2. The van der Waals surface area contributed by atoms with Crippen LogP contribution in [0.25, 0.3) is 0 Å². The summed E-state index contributed by atoms with van der Waals surface area (Å²) in [6.45, 7) is 9.68. The third-order valence-electron chi connectivity index (χ3n) is 7.99. The summed E-state index contributed by atoms with van der Waals surface area (Å²) in [5.41, 5.74) is 1.74. The first-order valence-corrected chi connectivity index (χ1v) is 12.4. The van der Waals surface area contributed by atoms with Gasteiger partial charge in [0.05, 0.1) is 11.3 Å². The van der Waals surface area contributed by atoms with Gasteiger partial charge in [-0.1, -0.05) is 19.0 Å². The Morgan fingerprint density at radius 3 is 2.71 bits per heavy atom. The van der Waals surface area contributed by atoms with E-state index in [2.05, 4.69) is 34.2 Å². The number of alkyl halides is 2. The number of carbonyl (C=O) groups is 1. The smallest absolute Gasteiger partial charge is 0.304 e. The molecular formula is C26H36F2N4O2. The van der Waals surface area contributed by atoms with Crippen molar-refractivity contribution in [3.8, 4) is 0 Å². The highest BCUT2D eigenvalue weighted by molar-refractivity contribution is 5.95. The Morgan fingerprint density at radius 1 is 1.32 bits per heavy atom. The highest BCUT2D eigenvalue weighted by atomic mass is 19.3. The summed E-state index contributed by atoms with van der Waals surface area (Å²) in [7, 11) is 0. The number of amides is 1. The topological polar surface area (TPSA) is 71.3 Å². The minimum atomic E-state index is -3.02. The standard InChI is InChI=1S/C26H36F2N4O2/c1-17-15-32(16-25(17,3)22-14-23(34-31-22)26(4,27)28)13-11-19-7-9-20(10-8-19)30-24(33)21-6-5-12-29-18(21)2/h5-6,12,14,17,19-20H,7-11,13,15-16H2,1-4H3,(H,30,33)/t17-,19-,20-,25-/m0/s1. The van der Waals surface area contributed by atoms with Gasteiger partial charge in [-0.3, -0.25) is 9.78 Å². The van der Waals surface area contributed by atoms with Gasteiger partial charge >= 0.3 is 5.92 Å². The zero-order valence-electron chi connectivity index (χ0n) is 20.6. The monoisotopic (exact) mass is 474 g/mol. The maximum absolute atomic E-state index is 13.6. The average Bonchev–Trinajstić information content (AvgIpc) is 3.40. The molecule has 34 heavy (non-hydrogen) atoms. The molecule has 8 heteroatoms. The number of likely N-dealkylation sites (tertiary alicyclic amines) is 1. The van der Waals surface area contributed by atoms with E-state index < -0.39 is 5.92 Å². The molecule has 2 aromatic rings. The number of rotatable bonds is 7. The van der Waals surface area contributed by atoms with Gasteiger partial charge in [0.1, 0.15) is 0 Å². The van der Waals surface area contributed by atoms with Crippen LogP contribution in [0.4, 0.5) is 8.78 Å². The molecule has 3 heterocycles. The van der Waals surface area contributed by atoms with Gasteiger partial charge in [0.15, 0.2) is 0 Å². The fourth-order valence-electron chi connectivity index (χ4n) is 5.48. The zero-order valence-corrected chi connectivity index (χ0v) is 20.6. The number of aryl methyl sites for hydroxylation is 1. The van der Waals surface area contributed by atoms with Crippen LogP contribution >= 0.6 is 0 Å². The van der Waals surface area contributed by atoms with Crippen LogP contribution in [0.5, 0.6) is 0 Å². The summed E-state index contributed by atoms with van der Waals surface area (Å²) in [6, 6.07) is 5.27. The average molecular weight is 475 g/mol. The molecule has 6 nitrogen and oxygen atoms in total. The van der Waals surface area contributed by atoms with Gasteiger partial charge in [-0.15, -0.1) is 0 Å². The van der Waals surface area contributed by atoms with E-state index in [-0.39, 0.29) is 23.1 Å². The van der Waals surface area contributed by atoms with Crippen LogP contribution in [0.2, 0.25) is 0 Å². The van der Waals surface area contributed by atoms with Gasteiger partial charge in [0, 0.05) is 49.4 Å². The van der Waals surface area contributed by atoms with Gasteiger partial charge in [-0.05, 0) is 69.5 Å². The summed E-state index contributed by atoms with van der Waals surface area (Å²) in [5, 5.41) is 7.19. The molecule has 0 aromatic carbocycles. The maximum Gasteiger partial charge on any atom is 0.304 e. The molecule has 1 saturated heterocycles. The number of carbonyl (C=O) groups excluding carboxylic acids is 1. The van der Waals surface area contributed by atoms with Crippen molar-refractivity contribution in [2.45, 2.75) is 77.2 Å². The van der Waals surface area contributed by atoms with Crippen LogP contribution < -0.4 is 5.32 Å². The Bertz CT molecular complexity index is 997. The number of nitrogens with zero attached hydrogens (tertiary/aromatic N) is 3. The molecule has 2 atom stereocenters. The fraction of sp³-hybridized carbons (Fsp3) is 0.654. The van der Waals surface area contributed by atoms with Crippen molar-refractivity contribution in [3.63, 3.8) is 0 Å². The molecule has 4 rings (SSSR count). The van der Waals surface area contributed by atoms with E-state index in [1.165, 1.54) is 6.07 Å². The predicted molar refractivity (Wildman–Crippen MR) is 126 cm³/mol. The molecule has 2 aromatic heterocycles. The lowest BCUT2D eigenvalue weighted by molar-refractivity contribution is -0.0106. The van der Waals surface area contributed by atoms with Crippen molar-refractivity contribution >= 4 is 5.91 Å². The van der Waals surface area contributed by atoms with Crippen LogP contribution in [-0.4, -0.2) is 46.6 Å². The molecule has 1 saturated carbocycles. The summed E-state index contributed by atoms with van der Waals surface area (Å²) in [5.74, 6) is -2.46. The number of aromatic nitrogens is 2. The summed E-state index contributed by atoms with van der Waals surface area (Å²) in [6.07, 6.45) is 7.02. The van der Waals surface area contributed by atoms with Gasteiger partial charge in [-0.25, -0.2) is 0 Å². The highest BCUT2D eigenvalue weighted by Gasteiger charge is 2.45. The second-order valence-electron chi connectivity index (χ2n) is 10.6. The minimum absolute atomic E-state index is 0.0313. The quantitative estimate of drug-likeness (QED) is 0.606. The second kappa shape index (κ2) is 9.72. The van der Waals surface area contributed by atoms with Crippen LogP contribution in [0.1, 0.15) is 80.4 Å². The molecule has 2 aliphatic rings. The van der Waals surface area contributed by atoms with Crippen molar-refractivity contribution in [1.29, 1.82) is 0 Å². The Hall–Kier alpha value is -2.35. The number of hydrogen-bond donors (Lipinski definition) is 1. The van der Waals surface area contributed by atoms with Gasteiger partial charge in [0.2, 0.25) is 5.76 Å². The van der Waals surface area contributed by atoms with Crippen molar-refractivity contribution in [2.75, 3.05) is 19.6 Å². The van der Waals surface area contributed by atoms with Gasteiger partial charge in [0.25, 0.3) is 5.91 Å². The molecule has 0 bridgehead atoms. The molecule has 186 valence electrons. The van der Waals surface area contributed by atoms with Crippen LogP contribution in [-0.2, 0) is 11.3 Å². The molecule has 2 fully saturated rings. The lowest BCUT2D eigenvalue weighted by atomic mass is 9.78. The van der Waals surface area contributed by atoms with Crippen molar-refractivity contribution in [1.82, 2.24) is 20.4 Å². The lowest BCUT2D eigenvalue weighted by Crippen LogP contribution is -2.38. The third kappa shape index (κ3) is 5.32. The van der Waals surface area contributed by atoms with Crippen LogP contribution in [0.3, 0.4) is 0 Å². The van der Waals surface area contributed by atoms with Gasteiger partial charge < -0.3 is 14.7 Å². The molecule has 0 radical (unpaired) electrons. The number of nitrogens with one attached hydrogen (secondary N) is 1. The Labute approximate surface area is 200 Å². The first-order chi connectivity index (χ1) is 16.1. The van der Waals surface area contributed by atoms with E-state index >= 15 is 0 Å². The maximum atomic E-state index is 13.6. The zero-order chi connectivity index (χ0) is 24.5. The Kier molecular flexibility index (Phi) is 7.08. The fourth-order valence-corrected chi connectivity index (χ4v) is 5.48. The first kappa shape index (κ1) is 24.8. The molecule has 1 amide bonds. The SMILES string of the molecule is Cc1ncccc1C(=O)N[C@H]1CC[C@H](CCN2C[C@H](C)[C@@](C)(c3cc(C(C)(F)F)on3)C2)CC1. The molecule has 1 N–H and O–H groups in total. The normalized spacial score (nSPS) is 28.2. The van der Waals surface area contributed by atoms with E-state index in [1.54, 1.807) is 12.3 Å². The molecule has 1 aliphatic heterocycles. The molecule has 0 spiro atoms. The van der Waals surface area contributed by atoms with E-state index in [9.17, 15) is 13.6 Å². The van der Waals surface area contributed by atoms with E-state index in [1.807, 2.05) is 13.0 Å². The molecule has 0 unspecified atom stereocenters. The minimum Gasteiger partial charge on any atom is -0.355 e. The lowest BCUT2D eigenvalue weighted by Gasteiger charge is -2.30. The predicted octanol–water partition coefficient (Wildman–Crippen LogP) is 5.08. The summed E-state index contributed by atoms with van der Waals surface area (Å²) in [4.78, 5) is 19.2. The number of hydrogen-bond acceptors (Lipinski definition) is 5. The largest absolute Gasteiger partial charge is 0.355 e. The van der Waals surface area contributed by atoms with Crippen molar-refractivity contribution in [2.24, 2.45) is 11.8 Å². The number of halogens is 2. The van der Waals surface area contributed by atoms with E-state index in [0.29, 0.717) is 23.1 Å². The molecule has 1 aliphatic carbocycles. The van der Waals surface area contributed by atoms with E-state index in [4.69, 9.17) is 4.52 Å². The molecular weight excluding hydrogens is 438 g/mol. The van der Waals surface area contributed by atoms with Crippen LogP contribution in [0.15, 0.2) is 28.9 Å². The van der Waals surface area contributed by atoms with Crippen LogP contribution in [0, 0.1) is 18.8 Å². The third-order valence-corrected chi connectivity index (χ3v) is 7.99. The Balaban J connectivity index is 1.24. The first-order valence-electron chi connectivity index (χ1n) is 12.4. The highest BCUT2D eigenvalue weighted by Crippen LogP contribution is 2.40. The number of pyridine rings is 1. The van der Waals surface area contributed by atoms with E-state index in [0.717, 1.165) is 64.4 Å². The van der Waals surface area contributed by atoms with Crippen molar-refractivity contribution in [3.05, 3.63) is 47.1 Å². The van der Waals surface area contributed by atoms with Crippen molar-refractivity contribution < 1.29 is 18.1 Å². The summed E-state index contributed by atoms with van der Waals surface area (Å²) >= 11 is 0.